The summed E-state index contributed by atoms with van der Waals surface area (Å²) in [5.41, 5.74) is 7.60. The lowest BCUT2D eigenvalue weighted by Crippen LogP contribution is -2.31. The minimum Gasteiger partial charge on any atom is -0.373 e. The highest BCUT2D eigenvalue weighted by molar-refractivity contribution is 7.16. The van der Waals surface area contributed by atoms with E-state index in [4.69, 9.17) is 5.73 Å². The Morgan fingerprint density at radius 2 is 2.00 bits per heavy atom. The van der Waals surface area contributed by atoms with Gasteiger partial charge < -0.3 is 11.1 Å². The molecule has 0 bridgehead atoms. The fraction of sp³-hybridized carbons (Fsp3) is 0.350. The van der Waals surface area contributed by atoms with Gasteiger partial charge in [-0.05, 0) is 36.6 Å². The topological polar surface area (TPSA) is 55.9 Å². The van der Waals surface area contributed by atoms with E-state index in [-0.39, 0.29) is 24.6 Å². The van der Waals surface area contributed by atoms with Crippen molar-refractivity contribution in [3.05, 3.63) is 58.6 Å². The molecule has 8 heteroatoms. The standard InChI is InChI=1S/C20H23F3N4S/c1-3-18-15(17-8-9-25-27(17)2)11-19(28-18)26-14(12-24)10-13-6-4-5-7-16(13)20(21,22)23/h4-9,11,14,26H,3,10,12,24H2,1-2H3/t14-/m0/s1. The zero-order chi connectivity index (χ0) is 20.3. The van der Waals surface area contributed by atoms with Gasteiger partial charge in [-0.3, -0.25) is 4.68 Å². The van der Waals surface area contributed by atoms with Gasteiger partial charge in [0.25, 0.3) is 0 Å². The molecule has 150 valence electrons. The maximum absolute atomic E-state index is 13.3. The van der Waals surface area contributed by atoms with Gasteiger partial charge in [0.05, 0.1) is 16.3 Å². The van der Waals surface area contributed by atoms with Crippen LogP contribution in [-0.4, -0.2) is 22.4 Å². The number of hydrogen-bond donors (Lipinski definition) is 2. The molecule has 3 aromatic rings. The lowest BCUT2D eigenvalue weighted by atomic mass is 10.00. The van der Waals surface area contributed by atoms with Crippen LogP contribution in [0.4, 0.5) is 18.2 Å². The van der Waals surface area contributed by atoms with Gasteiger partial charge in [0.15, 0.2) is 0 Å². The lowest BCUT2D eigenvalue weighted by molar-refractivity contribution is -0.138. The van der Waals surface area contributed by atoms with Crippen LogP contribution >= 0.6 is 11.3 Å². The zero-order valence-electron chi connectivity index (χ0n) is 15.8. The van der Waals surface area contributed by atoms with E-state index in [2.05, 4.69) is 17.3 Å². The van der Waals surface area contributed by atoms with E-state index < -0.39 is 11.7 Å². The summed E-state index contributed by atoms with van der Waals surface area (Å²) in [6, 6.07) is 9.34. The third kappa shape index (κ3) is 4.39. The molecule has 0 saturated carbocycles. The van der Waals surface area contributed by atoms with Crippen molar-refractivity contribution >= 4 is 16.3 Å². The first-order valence-corrected chi connectivity index (χ1v) is 9.88. The Morgan fingerprint density at radius 3 is 2.61 bits per heavy atom. The first-order valence-electron chi connectivity index (χ1n) is 9.06. The second kappa shape index (κ2) is 8.36. The molecule has 0 aliphatic rings. The molecule has 1 atom stereocenters. The normalized spacial score (nSPS) is 12.9. The van der Waals surface area contributed by atoms with Crippen LogP contribution in [0, 0.1) is 0 Å². The summed E-state index contributed by atoms with van der Waals surface area (Å²) in [5, 5.41) is 8.44. The predicted octanol–water partition coefficient (Wildman–Crippen LogP) is 4.71. The summed E-state index contributed by atoms with van der Waals surface area (Å²) in [5.74, 6) is 0. The van der Waals surface area contributed by atoms with E-state index in [0.29, 0.717) is 0 Å². The largest absolute Gasteiger partial charge is 0.416 e. The minimum absolute atomic E-state index is 0.201. The number of anilines is 1. The Morgan fingerprint density at radius 1 is 1.25 bits per heavy atom. The highest BCUT2D eigenvalue weighted by Crippen LogP contribution is 2.36. The van der Waals surface area contributed by atoms with Crippen molar-refractivity contribution in [2.24, 2.45) is 12.8 Å². The number of rotatable bonds is 7. The molecule has 28 heavy (non-hydrogen) atoms. The second-order valence-electron chi connectivity index (χ2n) is 6.58. The summed E-state index contributed by atoms with van der Waals surface area (Å²) in [6.45, 7) is 2.31. The van der Waals surface area contributed by atoms with Crippen LogP contribution in [0.1, 0.15) is 22.9 Å². The summed E-state index contributed by atoms with van der Waals surface area (Å²) in [4.78, 5) is 1.19. The Hall–Kier alpha value is -2.32. The lowest BCUT2D eigenvalue weighted by Gasteiger charge is -2.20. The fourth-order valence-corrected chi connectivity index (χ4v) is 4.34. The molecular weight excluding hydrogens is 385 g/mol. The van der Waals surface area contributed by atoms with Gasteiger partial charge in [-0.1, -0.05) is 25.1 Å². The highest BCUT2D eigenvalue weighted by atomic mass is 32.1. The number of nitrogens with one attached hydrogen (secondary N) is 1. The molecule has 3 N–H and O–H groups in total. The van der Waals surface area contributed by atoms with Gasteiger partial charge in [-0.15, -0.1) is 11.3 Å². The second-order valence-corrected chi connectivity index (χ2v) is 7.71. The quantitative estimate of drug-likeness (QED) is 0.595. The molecule has 0 saturated heterocycles. The molecule has 3 rings (SSSR count). The van der Waals surface area contributed by atoms with Gasteiger partial charge in [0, 0.05) is 36.3 Å². The Bertz CT molecular complexity index is 930. The van der Waals surface area contributed by atoms with Crippen molar-refractivity contribution in [3.63, 3.8) is 0 Å². The molecule has 0 fully saturated rings. The average molecular weight is 408 g/mol. The number of aromatic nitrogens is 2. The minimum atomic E-state index is -4.37. The number of nitrogens with zero attached hydrogens (tertiary/aromatic N) is 2. The Labute approximate surface area is 166 Å². The predicted molar refractivity (Wildman–Crippen MR) is 108 cm³/mol. The molecule has 0 aliphatic carbocycles. The molecule has 0 amide bonds. The maximum atomic E-state index is 13.3. The average Bonchev–Trinajstić information content (AvgIpc) is 3.26. The van der Waals surface area contributed by atoms with Crippen molar-refractivity contribution in [2.45, 2.75) is 32.0 Å². The summed E-state index contributed by atoms with van der Waals surface area (Å²) in [6.07, 6.45) is -1.57. The summed E-state index contributed by atoms with van der Waals surface area (Å²) in [7, 11) is 1.89. The van der Waals surface area contributed by atoms with Crippen molar-refractivity contribution in [1.29, 1.82) is 0 Å². The van der Waals surface area contributed by atoms with Crippen LogP contribution in [0.15, 0.2) is 42.6 Å². The summed E-state index contributed by atoms with van der Waals surface area (Å²) >= 11 is 1.60. The first kappa shape index (κ1) is 20.4. The van der Waals surface area contributed by atoms with Crippen molar-refractivity contribution < 1.29 is 13.2 Å². The van der Waals surface area contributed by atoms with E-state index in [1.807, 2.05) is 23.9 Å². The first-order chi connectivity index (χ1) is 13.3. The van der Waals surface area contributed by atoms with E-state index in [0.717, 1.165) is 28.7 Å². The number of nitrogens with two attached hydrogens (primary N) is 1. The van der Waals surface area contributed by atoms with Crippen LogP contribution in [0.25, 0.3) is 11.3 Å². The van der Waals surface area contributed by atoms with Gasteiger partial charge in [0.1, 0.15) is 0 Å². The molecule has 4 nitrogen and oxygen atoms in total. The summed E-state index contributed by atoms with van der Waals surface area (Å²) < 4.78 is 41.6. The molecule has 1 aromatic carbocycles. The van der Waals surface area contributed by atoms with Gasteiger partial charge >= 0.3 is 6.18 Å². The molecule has 0 aliphatic heterocycles. The van der Waals surface area contributed by atoms with Crippen molar-refractivity contribution in [2.75, 3.05) is 11.9 Å². The number of thiophene rings is 1. The maximum Gasteiger partial charge on any atom is 0.416 e. The number of hydrogen-bond acceptors (Lipinski definition) is 4. The Balaban J connectivity index is 1.83. The van der Waals surface area contributed by atoms with Crippen LogP contribution in [-0.2, 0) is 26.1 Å². The third-order valence-corrected chi connectivity index (χ3v) is 5.86. The van der Waals surface area contributed by atoms with Gasteiger partial charge in [-0.25, -0.2) is 0 Å². The molecular formula is C20H23F3N4S. The van der Waals surface area contributed by atoms with Crippen molar-refractivity contribution in [3.8, 4) is 11.3 Å². The monoisotopic (exact) mass is 408 g/mol. The van der Waals surface area contributed by atoms with Gasteiger partial charge in [0.2, 0.25) is 0 Å². The third-order valence-electron chi connectivity index (χ3n) is 4.65. The highest BCUT2D eigenvalue weighted by Gasteiger charge is 2.33. The van der Waals surface area contributed by atoms with Crippen LogP contribution in [0.5, 0.6) is 0 Å². The smallest absolute Gasteiger partial charge is 0.373 e. The number of aryl methyl sites for hydroxylation is 2. The number of alkyl halides is 3. The Kier molecular flexibility index (Phi) is 6.10. The molecule has 0 radical (unpaired) electrons. The fourth-order valence-electron chi connectivity index (χ4n) is 3.25. The molecule has 2 aromatic heterocycles. The zero-order valence-corrected chi connectivity index (χ0v) is 16.6. The molecule has 0 spiro atoms. The molecule has 2 heterocycles. The van der Waals surface area contributed by atoms with E-state index in [1.165, 1.54) is 17.0 Å². The van der Waals surface area contributed by atoms with Gasteiger partial charge in [-0.2, -0.15) is 18.3 Å². The SMILES string of the molecule is CCc1sc(N[C@H](CN)Cc2ccccc2C(F)(F)F)cc1-c1ccnn1C. The van der Waals surface area contributed by atoms with Crippen molar-refractivity contribution in [1.82, 2.24) is 9.78 Å². The van der Waals surface area contributed by atoms with Crippen LogP contribution < -0.4 is 11.1 Å². The number of benzene rings is 1. The number of halogens is 3. The van der Waals surface area contributed by atoms with Crippen LogP contribution in [0.2, 0.25) is 0 Å². The van der Waals surface area contributed by atoms with E-state index in [9.17, 15) is 13.2 Å². The molecule has 0 unspecified atom stereocenters. The van der Waals surface area contributed by atoms with E-state index in [1.54, 1.807) is 23.6 Å². The van der Waals surface area contributed by atoms with E-state index >= 15 is 0 Å². The van der Waals surface area contributed by atoms with Crippen LogP contribution in [0.3, 0.4) is 0 Å².